The highest BCUT2D eigenvalue weighted by Crippen LogP contribution is 2.37. The molecular formula is C13H21ClO3SSi. The molecule has 0 aromatic carbocycles. The summed E-state index contributed by atoms with van der Waals surface area (Å²) in [6.07, 6.45) is 0.670. The summed E-state index contributed by atoms with van der Waals surface area (Å²) in [5.74, 6) is -0.927. The van der Waals surface area contributed by atoms with Crippen molar-refractivity contribution in [2.24, 2.45) is 0 Å². The Morgan fingerprint density at radius 1 is 1.47 bits per heavy atom. The lowest BCUT2D eigenvalue weighted by molar-refractivity contribution is 0.0702. The summed E-state index contributed by atoms with van der Waals surface area (Å²) in [5, 5.41) is 9.62. The van der Waals surface area contributed by atoms with E-state index in [-0.39, 0.29) is 9.92 Å². The number of carboxylic acids is 1. The van der Waals surface area contributed by atoms with Gasteiger partial charge in [-0.05, 0) is 24.2 Å². The Bertz CT molecular complexity index is 463. The molecule has 0 saturated heterocycles. The number of aromatic carboxylic acids is 1. The van der Waals surface area contributed by atoms with Crippen LogP contribution < -0.4 is 0 Å². The smallest absolute Gasteiger partial charge is 0.345 e. The third-order valence-electron chi connectivity index (χ3n) is 3.57. The first-order valence-electron chi connectivity index (χ1n) is 6.20. The van der Waals surface area contributed by atoms with E-state index in [1.807, 2.05) is 0 Å². The van der Waals surface area contributed by atoms with Crippen LogP contribution in [0.1, 0.15) is 35.3 Å². The molecule has 0 bridgehead atoms. The lowest BCUT2D eigenvalue weighted by atomic mass is 10.2. The van der Waals surface area contributed by atoms with E-state index in [1.54, 1.807) is 0 Å². The topological polar surface area (TPSA) is 46.5 Å². The number of hydrogen-bond donors (Lipinski definition) is 1. The number of thiophene rings is 1. The van der Waals surface area contributed by atoms with Gasteiger partial charge in [0.2, 0.25) is 0 Å². The summed E-state index contributed by atoms with van der Waals surface area (Å²) in [6.45, 7) is 11.6. The van der Waals surface area contributed by atoms with Crippen LogP contribution >= 0.6 is 22.9 Å². The third kappa shape index (κ3) is 4.31. The number of halogens is 1. The molecule has 0 aliphatic rings. The van der Waals surface area contributed by atoms with Gasteiger partial charge in [-0.15, -0.1) is 11.3 Å². The summed E-state index contributed by atoms with van der Waals surface area (Å²) >= 11 is 7.26. The molecular weight excluding hydrogens is 300 g/mol. The second-order valence-electron chi connectivity index (χ2n) is 6.05. The molecule has 1 aromatic heterocycles. The van der Waals surface area contributed by atoms with Crippen LogP contribution in [0.3, 0.4) is 0 Å². The second kappa shape index (κ2) is 5.95. The second-order valence-corrected chi connectivity index (χ2v) is 12.4. The quantitative estimate of drug-likeness (QED) is 0.802. The van der Waals surface area contributed by atoms with Crippen molar-refractivity contribution in [2.75, 3.05) is 6.61 Å². The van der Waals surface area contributed by atoms with Crippen LogP contribution in [0.25, 0.3) is 0 Å². The van der Waals surface area contributed by atoms with Crippen molar-refractivity contribution in [3.8, 4) is 0 Å². The summed E-state index contributed by atoms with van der Waals surface area (Å²) in [7, 11) is -1.75. The minimum absolute atomic E-state index is 0.179. The van der Waals surface area contributed by atoms with Crippen molar-refractivity contribution >= 4 is 37.2 Å². The summed E-state index contributed by atoms with van der Waals surface area (Å²) in [6, 6.07) is 1.51. The molecule has 0 aliphatic heterocycles. The zero-order valence-electron chi connectivity index (χ0n) is 12.0. The SMILES string of the molecule is CC(C)(C)[Si](C)(C)OCCc1sc(C(=O)O)cc1Cl. The van der Waals surface area contributed by atoms with Crippen molar-refractivity contribution in [3.63, 3.8) is 0 Å². The van der Waals surface area contributed by atoms with Gasteiger partial charge in [-0.1, -0.05) is 32.4 Å². The molecule has 19 heavy (non-hydrogen) atoms. The monoisotopic (exact) mass is 320 g/mol. The van der Waals surface area contributed by atoms with E-state index in [4.69, 9.17) is 21.1 Å². The molecule has 108 valence electrons. The highest BCUT2D eigenvalue weighted by atomic mass is 35.5. The standard InChI is InChI=1S/C13H21ClO3SSi/c1-13(2,3)19(4,5)17-7-6-10-9(14)8-11(18-10)12(15)16/h8H,6-7H2,1-5H3,(H,15,16). The molecule has 0 unspecified atom stereocenters. The first-order chi connectivity index (χ1) is 8.54. The Morgan fingerprint density at radius 3 is 2.47 bits per heavy atom. The Balaban J connectivity index is 2.61. The Morgan fingerprint density at radius 2 is 2.05 bits per heavy atom. The van der Waals surface area contributed by atoms with Crippen LogP contribution in [0.4, 0.5) is 0 Å². The first-order valence-corrected chi connectivity index (χ1v) is 10.3. The molecule has 1 N–H and O–H groups in total. The summed E-state index contributed by atoms with van der Waals surface area (Å²) in [4.78, 5) is 12.0. The number of rotatable bonds is 5. The molecule has 6 heteroatoms. The van der Waals surface area contributed by atoms with Crippen LogP contribution in [0.2, 0.25) is 23.2 Å². The van der Waals surface area contributed by atoms with Crippen molar-refractivity contribution in [1.29, 1.82) is 0 Å². The lowest BCUT2D eigenvalue weighted by Gasteiger charge is -2.36. The minimum Gasteiger partial charge on any atom is -0.477 e. The van der Waals surface area contributed by atoms with Gasteiger partial charge in [-0.2, -0.15) is 0 Å². The Hall–Kier alpha value is -0.363. The molecule has 0 atom stereocenters. The average molecular weight is 321 g/mol. The maximum Gasteiger partial charge on any atom is 0.345 e. The zero-order valence-corrected chi connectivity index (χ0v) is 14.6. The molecule has 1 rings (SSSR count). The van der Waals surface area contributed by atoms with Gasteiger partial charge >= 0.3 is 5.97 Å². The van der Waals surface area contributed by atoms with Crippen molar-refractivity contribution in [3.05, 3.63) is 20.8 Å². The van der Waals surface area contributed by atoms with Crippen molar-refractivity contribution in [2.45, 2.75) is 45.3 Å². The van der Waals surface area contributed by atoms with Gasteiger partial charge in [0.05, 0.1) is 5.02 Å². The molecule has 0 radical (unpaired) electrons. The fourth-order valence-electron chi connectivity index (χ4n) is 1.30. The molecule has 3 nitrogen and oxygen atoms in total. The van der Waals surface area contributed by atoms with Crippen LogP contribution in [0.5, 0.6) is 0 Å². The number of carboxylic acid groups (broad SMARTS) is 1. The predicted molar refractivity (Wildman–Crippen MR) is 83.1 cm³/mol. The average Bonchev–Trinajstić information content (AvgIpc) is 2.58. The van der Waals surface area contributed by atoms with E-state index in [9.17, 15) is 4.79 Å². The fraction of sp³-hybridized carbons (Fsp3) is 0.615. The van der Waals surface area contributed by atoms with Crippen LogP contribution in [0.15, 0.2) is 6.07 Å². The van der Waals surface area contributed by atoms with Gasteiger partial charge in [0.1, 0.15) is 4.88 Å². The van der Waals surface area contributed by atoms with E-state index in [2.05, 4.69) is 33.9 Å². The van der Waals surface area contributed by atoms with Gasteiger partial charge in [0.25, 0.3) is 0 Å². The lowest BCUT2D eigenvalue weighted by Crippen LogP contribution is -2.41. The predicted octanol–water partition coefficient (Wildman–Crippen LogP) is 4.66. The van der Waals surface area contributed by atoms with E-state index < -0.39 is 14.3 Å². The maximum atomic E-state index is 10.9. The Kier molecular flexibility index (Phi) is 5.23. The molecule has 1 heterocycles. The molecule has 0 spiro atoms. The number of carbonyl (C=O) groups is 1. The van der Waals surface area contributed by atoms with E-state index in [0.29, 0.717) is 18.1 Å². The maximum absolute atomic E-state index is 10.9. The minimum atomic E-state index is -1.75. The van der Waals surface area contributed by atoms with Gasteiger partial charge in [-0.25, -0.2) is 4.79 Å². The van der Waals surface area contributed by atoms with E-state index >= 15 is 0 Å². The molecule has 1 aromatic rings. The fourth-order valence-corrected chi connectivity index (χ4v) is 3.60. The van der Waals surface area contributed by atoms with E-state index in [1.165, 1.54) is 17.4 Å². The van der Waals surface area contributed by atoms with E-state index in [0.717, 1.165) is 4.88 Å². The van der Waals surface area contributed by atoms with Crippen LogP contribution in [-0.4, -0.2) is 26.0 Å². The Labute approximate surface area is 124 Å². The highest BCUT2D eigenvalue weighted by molar-refractivity contribution is 7.14. The van der Waals surface area contributed by atoms with Crippen LogP contribution in [0, 0.1) is 0 Å². The molecule has 0 amide bonds. The van der Waals surface area contributed by atoms with Crippen LogP contribution in [-0.2, 0) is 10.8 Å². The normalized spacial score (nSPS) is 12.7. The molecule has 0 aliphatic carbocycles. The summed E-state index contributed by atoms with van der Waals surface area (Å²) in [5.41, 5.74) is 0. The largest absolute Gasteiger partial charge is 0.477 e. The van der Waals surface area contributed by atoms with Crippen molar-refractivity contribution in [1.82, 2.24) is 0 Å². The van der Waals surface area contributed by atoms with Crippen molar-refractivity contribution < 1.29 is 14.3 Å². The van der Waals surface area contributed by atoms with Gasteiger partial charge in [0, 0.05) is 17.9 Å². The summed E-state index contributed by atoms with van der Waals surface area (Å²) < 4.78 is 6.06. The first kappa shape index (κ1) is 16.7. The molecule has 0 saturated carbocycles. The molecule has 0 fully saturated rings. The van der Waals surface area contributed by atoms with Gasteiger partial charge < -0.3 is 9.53 Å². The van der Waals surface area contributed by atoms with Gasteiger partial charge in [-0.3, -0.25) is 0 Å². The number of hydrogen-bond acceptors (Lipinski definition) is 3. The third-order valence-corrected chi connectivity index (χ3v) is 9.74. The zero-order chi connectivity index (χ0) is 14.8. The van der Waals surface area contributed by atoms with Gasteiger partial charge in [0.15, 0.2) is 8.32 Å². The highest BCUT2D eigenvalue weighted by Gasteiger charge is 2.36.